The number of para-hydroxylation sites is 2. The van der Waals surface area contributed by atoms with Crippen LogP contribution in [0.5, 0.6) is 0 Å². The minimum Gasteiger partial charge on any atom is -0.310 e. The summed E-state index contributed by atoms with van der Waals surface area (Å²) in [5.74, 6) is 0. The van der Waals surface area contributed by atoms with Crippen molar-refractivity contribution in [2.24, 2.45) is 0 Å². The SMILES string of the molecule is C=Cc1ccc(CC2(C)c3cc(N(c4ccccc4)c4cccc(C)c4)ccc3-c3ccc(N(c4ccccc4)c4cccc(C)c4)cc32)cc1. The predicted molar refractivity (Wildman–Crippen MR) is 217 cm³/mol. The Balaban J connectivity index is 1.32. The molecule has 0 bridgehead atoms. The van der Waals surface area contributed by atoms with Crippen LogP contribution in [0.3, 0.4) is 0 Å². The molecule has 0 aromatic heterocycles. The standard InChI is InChI=1S/C49H42N2/c1-5-37-22-24-38(25-23-37)34-49(4)47-32-43(50(39-16-8-6-9-17-39)41-20-12-14-35(2)30-41)26-28-45(47)46-29-27-44(33-48(46)49)51(40-18-10-7-11-19-40)42-21-13-15-36(3)31-42/h5-33H,1,34H2,2-4H3. The molecule has 0 N–H and O–H groups in total. The van der Waals surface area contributed by atoms with E-state index in [1.807, 2.05) is 6.08 Å². The van der Waals surface area contributed by atoms with E-state index >= 15 is 0 Å². The summed E-state index contributed by atoms with van der Waals surface area (Å²) in [6.07, 6.45) is 2.78. The van der Waals surface area contributed by atoms with Gasteiger partial charge in [-0.2, -0.15) is 0 Å². The molecule has 0 atom stereocenters. The second-order valence-corrected chi connectivity index (χ2v) is 13.9. The lowest BCUT2D eigenvalue weighted by Crippen LogP contribution is -2.25. The van der Waals surface area contributed by atoms with Gasteiger partial charge in [0.2, 0.25) is 0 Å². The molecule has 248 valence electrons. The van der Waals surface area contributed by atoms with Gasteiger partial charge < -0.3 is 9.80 Å². The van der Waals surface area contributed by atoms with E-state index < -0.39 is 0 Å². The quantitative estimate of drug-likeness (QED) is 0.152. The second-order valence-electron chi connectivity index (χ2n) is 13.9. The van der Waals surface area contributed by atoms with E-state index in [0.717, 1.165) is 46.1 Å². The van der Waals surface area contributed by atoms with Crippen molar-refractivity contribution in [1.82, 2.24) is 0 Å². The first-order valence-electron chi connectivity index (χ1n) is 17.8. The largest absolute Gasteiger partial charge is 0.310 e. The van der Waals surface area contributed by atoms with Crippen molar-refractivity contribution < 1.29 is 0 Å². The third-order valence-electron chi connectivity index (χ3n) is 10.3. The Labute approximate surface area is 302 Å². The number of hydrogen-bond acceptors (Lipinski definition) is 2. The molecule has 0 saturated heterocycles. The van der Waals surface area contributed by atoms with E-state index in [1.54, 1.807) is 0 Å². The predicted octanol–water partition coefficient (Wildman–Crippen LogP) is 13.4. The number of aryl methyl sites for hydroxylation is 2. The van der Waals surface area contributed by atoms with Crippen LogP contribution in [0.2, 0.25) is 0 Å². The number of rotatable bonds is 9. The fourth-order valence-corrected chi connectivity index (χ4v) is 7.82. The summed E-state index contributed by atoms with van der Waals surface area (Å²) in [4.78, 5) is 4.77. The topological polar surface area (TPSA) is 6.48 Å². The molecule has 0 saturated carbocycles. The summed E-state index contributed by atoms with van der Waals surface area (Å²) in [5, 5.41) is 0. The third kappa shape index (κ3) is 6.04. The van der Waals surface area contributed by atoms with Crippen LogP contribution in [0.1, 0.15) is 40.3 Å². The van der Waals surface area contributed by atoms with Crippen LogP contribution in [0.25, 0.3) is 17.2 Å². The van der Waals surface area contributed by atoms with Gasteiger partial charge in [-0.1, -0.05) is 117 Å². The number of fused-ring (bicyclic) bond motifs is 3. The highest BCUT2D eigenvalue weighted by atomic mass is 15.1. The molecular weight excluding hydrogens is 617 g/mol. The average molecular weight is 659 g/mol. The summed E-state index contributed by atoms with van der Waals surface area (Å²) in [7, 11) is 0. The molecule has 8 rings (SSSR count). The van der Waals surface area contributed by atoms with Gasteiger partial charge in [-0.05, 0) is 138 Å². The first kappa shape index (κ1) is 32.1. The van der Waals surface area contributed by atoms with Crippen molar-refractivity contribution in [2.45, 2.75) is 32.6 Å². The molecule has 0 unspecified atom stereocenters. The van der Waals surface area contributed by atoms with Gasteiger partial charge in [-0.25, -0.2) is 0 Å². The molecule has 0 aliphatic heterocycles. The van der Waals surface area contributed by atoms with E-state index in [1.165, 1.54) is 38.9 Å². The van der Waals surface area contributed by atoms with Crippen LogP contribution < -0.4 is 9.80 Å². The molecule has 0 spiro atoms. The first-order valence-corrected chi connectivity index (χ1v) is 17.8. The van der Waals surface area contributed by atoms with Gasteiger partial charge in [-0.15, -0.1) is 0 Å². The number of nitrogens with zero attached hydrogens (tertiary/aromatic N) is 2. The molecule has 0 radical (unpaired) electrons. The maximum Gasteiger partial charge on any atom is 0.0465 e. The van der Waals surface area contributed by atoms with Crippen LogP contribution in [0.15, 0.2) is 176 Å². The van der Waals surface area contributed by atoms with E-state index in [9.17, 15) is 0 Å². The molecule has 7 aromatic rings. The summed E-state index contributed by atoms with van der Waals surface area (Å²) >= 11 is 0. The van der Waals surface area contributed by atoms with Gasteiger partial charge in [0.1, 0.15) is 0 Å². The Morgan fingerprint density at radius 2 is 0.902 bits per heavy atom. The lowest BCUT2D eigenvalue weighted by atomic mass is 9.75. The van der Waals surface area contributed by atoms with E-state index in [4.69, 9.17) is 0 Å². The molecule has 7 aromatic carbocycles. The Bertz CT molecular complexity index is 2200. The molecular formula is C49H42N2. The molecule has 0 amide bonds. The van der Waals surface area contributed by atoms with Crippen LogP contribution in [-0.4, -0.2) is 0 Å². The fourth-order valence-electron chi connectivity index (χ4n) is 7.82. The monoisotopic (exact) mass is 658 g/mol. The lowest BCUT2D eigenvalue weighted by Gasteiger charge is -2.32. The average Bonchev–Trinajstić information content (AvgIpc) is 3.39. The maximum atomic E-state index is 3.99. The summed E-state index contributed by atoms with van der Waals surface area (Å²) in [5.41, 5.74) is 16.8. The minimum absolute atomic E-state index is 0.295. The highest BCUT2D eigenvalue weighted by molar-refractivity contribution is 5.88. The van der Waals surface area contributed by atoms with Crippen molar-refractivity contribution in [1.29, 1.82) is 0 Å². The smallest absolute Gasteiger partial charge is 0.0465 e. The van der Waals surface area contributed by atoms with Gasteiger partial charge in [0.25, 0.3) is 0 Å². The molecule has 0 heterocycles. The van der Waals surface area contributed by atoms with Gasteiger partial charge >= 0.3 is 0 Å². The summed E-state index contributed by atoms with van der Waals surface area (Å²) < 4.78 is 0. The van der Waals surface area contributed by atoms with Gasteiger partial charge in [-0.3, -0.25) is 0 Å². The Morgan fingerprint density at radius 1 is 0.471 bits per heavy atom. The second kappa shape index (κ2) is 13.3. The Kier molecular flexibility index (Phi) is 8.37. The summed E-state index contributed by atoms with van der Waals surface area (Å²) in [6, 6.07) is 62.0. The number of hydrogen-bond donors (Lipinski definition) is 0. The van der Waals surface area contributed by atoms with Crippen LogP contribution in [0.4, 0.5) is 34.1 Å². The highest BCUT2D eigenvalue weighted by Gasteiger charge is 2.40. The van der Waals surface area contributed by atoms with Crippen molar-refractivity contribution >= 4 is 40.2 Å². The molecule has 2 nitrogen and oxygen atoms in total. The highest BCUT2D eigenvalue weighted by Crippen LogP contribution is 2.54. The van der Waals surface area contributed by atoms with Gasteiger partial charge in [0.15, 0.2) is 0 Å². The maximum absolute atomic E-state index is 3.99. The Hall–Kier alpha value is -6.12. The fraction of sp³-hybridized carbons (Fsp3) is 0.102. The zero-order valence-corrected chi connectivity index (χ0v) is 29.6. The zero-order valence-electron chi connectivity index (χ0n) is 29.6. The number of benzene rings is 7. The molecule has 1 aliphatic carbocycles. The van der Waals surface area contributed by atoms with Crippen molar-refractivity contribution in [3.8, 4) is 11.1 Å². The molecule has 0 fully saturated rings. The van der Waals surface area contributed by atoms with Crippen LogP contribution in [0, 0.1) is 13.8 Å². The van der Waals surface area contributed by atoms with Crippen molar-refractivity contribution in [2.75, 3.05) is 9.80 Å². The van der Waals surface area contributed by atoms with Gasteiger partial charge in [0, 0.05) is 39.5 Å². The molecule has 51 heavy (non-hydrogen) atoms. The van der Waals surface area contributed by atoms with Crippen molar-refractivity contribution in [3.05, 3.63) is 210 Å². The molecule has 2 heteroatoms. The van der Waals surface area contributed by atoms with E-state index in [-0.39, 0.29) is 5.41 Å². The zero-order chi connectivity index (χ0) is 35.0. The minimum atomic E-state index is -0.295. The summed E-state index contributed by atoms with van der Waals surface area (Å²) in [6.45, 7) is 10.7. The normalized spacial score (nSPS) is 12.5. The van der Waals surface area contributed by atoms with E-state index in [0.29, 0.717) is 0 Å². The first-order chi connectivity index (χ1) is 24.9. The van der Waals surface area contributed by atoms with Crippen molar-refractivity contribution in [3.63, 3.8) is 0 Å². The third-order valence-corrected chi connectivity index (χ3v) is 10.3. The Morgan fingerprint density at radius 3 is 1.33 bits per heavy atom. The van der Waals surface area contributed by atoms with Crippen LogP contribution >= 0.6 is 0 Å². The van der Waals surface area contributed by atoms with Crippen LogP contribution in [-0.2, 0) is 11.8 Å². The molecule has 1 aliphatic rings. The van der Waals surface area contributed by atoms with E-state index in [2.05, 4.69) is 207 Å². The number of anilines is 6. The lowest BCUT2D eigenvalue weighted by molar-refractivity contribution is 0.583. The van der Waals surface area contributed by atoms with Gasteiger partial charge in [0.05, 0.1) is 0 Å².